The third kappa shape index (κ3) is 4.96. The van der Waals surface area contributed by atoms with Gasteiger partial charge in [0, 0.05) is 6.54 Å². The van der Waals surface area contributed by atoms with Crippen molar-refractivity contribution in [2.75, 3.05) is 24.5 Å². The molecule has 3 aromatic rings. The molecule has 0 fully saturated rings. The van der Waals surface area contributed by atoms with Gasteiger partial charge < -0.3 is 14.8 Å². The second-order valence-corrected chi connectivity index (χ2v) is 9.68. The molecule has 3 aromatic carbocycles. The summed E-state index contributed by atoms with van der Waals surface area (Å²) in [6.45, 7) is 2.19. The van der Waals surface area contributed by atoms with Crippen LogP contribution in [0, 0.1) is 6.92 Å². The van der Waals surface area contributed by atoms with Crippen molar-refractivity contribution in [1.29, 1.82) is 0 Å². The number of benzene rings is 3. The van der Waals surface area contributed by atoms with Gasteiger partial charge in [-0.25, -0.2) is 8.42 Å². The fourth-order valence-electron chi connectivity index (χ4n) is 3.69. The number of rotatable bonds is 7. The number of hydrogen-bond acceptors (Lipinski definition) is 5. The molecule has 0 saturated carbocycles. The molecule has 0 aliphatic carbocycles. The highest BCUT2D eigenvalue weighted by Gasteiger charge is 2.37. The van der Waals surface area contributed by atoms with Crippen LogP contribution in [0.1, 0.15) is 11.1 Å². The summed E-state index contributed by atoms with van der Waals surface area (Å²) in [6, 6.07) is 21.3. The predicted molar refractivity (Wildman–Crippen MR) is 126 cm³/mol. The average Bonchev–Trinajstić information content (AvgIpc) is 2.83. The van der Waals surface area contributed by atoms with Crippen LogP contribution in [0.2, 0.25) is 0 Å². The Morgan fingerprint density at radius 1 is 1.09 bits per heavy atom. The van der Waals surface area contributed by atoms with Crippen LogP contribution in [-0.2, 0) is 21.2 Å². The molecule has 1 aliphatic heterocycles. The van der Waals surface area contributed by atoms with E-state index >= 15 is 0 Å². The maximum atomic E-state index is 13.5. The first-order valence-electron chi connectivity index (χ1n) is 10.6. The molecule has 0 unspecified atom stereocenters. The molecular weight excluding hydrogens is 440 g/mol. The summed E-state index contributed by atoms with van der Waals surface area (Å²) < 4.78 is 39.3. The highest BCUT2D eigenvalue weighted by atomic mass is 32.2. The van der Waals surface area contributed by atoms with Crippen molar-refractivity contribution < 1.29 is 22.7 Å². The van der Waals surface area contributed by atoms with E-state index in [1.807, 2.05) is 43.3 Å². The van der Waals surface area contributed by atoms with Crippen LogP contribution in [0.4, 0.5) is 5.69 Å². The van der Waals surface area contributed by atoms with Crippen LogP contribution < -0.4 is 19.1 Å². The van der Waals surface area contributed by atoms with Crippen LogP contribution in [0.5, 0.6) is 11.5 Å². The second kappa shape index (κ2) is 9.54. The van der Waals surface area contributed by atoms with E-state index in [-0.39, 0.29) is 17.3 Å². The van der Waals surface area contributed by atoms with Crippen molar-refractivity contribution in [3.05, 3.63) is 83.9 Å². The number of aryl methyl sites for hydroxylation is 1. The zero-order chi connectivity index (χ0) is 23.4. The topological polar surface area (TPSA) is 84.9 Å². The Bertz CT molecular complexity index is 1230. The molecule has 172 valence electrons. The van der Waals surface area contributed by atoms with E-state index < -0.39 is 16.1 Å². The first-order valence-corrected chi connectivity index (χ1v) is 12.1. The summed E-state index contributed by atoms with van der Waals surface area (Å²) in [7, 11) is -2.41. The van der Waals surface area contributed by atoms with Gasteiger partial charge in [0.2, 0.25) is 0 Å². The lowest BCUT2D eigenvalue weighted by Gasteiger charge is -2.35. The van der Waals surface area contributed by atoms with Crippen LogP contribution in [0.15, 0.2) is 77.7 Å². The van der Waals surface area contributed by atoms with E-state index in [1.54, 1.807) is 24.3 Å². The highest BCUT2D eigenvalue weighted by Crippen LogP contribution is 2.38. The maximum Gasteiger partial charge on any atom is 0.264 e. The SMILES string of the molecule is COc1ccc(S(=O)(=O)N2C[C@H](C(=O)NCCc3ccccc3)Oc3cc(C)ccc32)cc1. The summed E-state index contributed by atoms with van der Waals surface area (Å²) in [5.41, 5.74) is 2.41. The van der Waals surface area contributed by atoms with E-state index in [0.717, 1.165) is 11.1 Å². The zero-order valence-corrected chi connectivity index (χ0v) is 19.3. The minimum Gasteiger partial charge on any atom is -0.497 e. The average molecular weight is 467 g/mol. The van der Waals surface area contributed by atoms with Crippen molar-refractivity contribution >= 4 is 21.6 Å². The Kier molecular flexibility index (Phi) is 6.55. The molecule has 0 radical (unpaired) electrons. The summed E-state index contributed by atoms with van der Waals surface area (Å²) in [5, 5.41) is 2.87. The molecular formula is C25H26N2O5S. The molecule has 1 amide bonds. The lowest BCUT2D eigenvalue weighted by Crippen LogP contribution is -2.51. The smallest absolute Gasteiger partial charge is 0.264 e. The van der Waals surface area contributed by atoms with Gasteiger partial charge in [-0.1, -0.05) is 36.4 Å². The molecule has 8 heteroatoms. The lowest BCUT2D eigenvalue weighted by molar-refractivity contribution is -0.127. The van der Waals surface area contributed by atoms with Crippen LogP contribution in [-0.4, -0.2) is 40.6 Å². The minimum atomic E-state index is -3.93. The van der Waals surface area contributed by atoms with E-state index in [1.165, 1.54) is 23.5 Å². The van der Waals surface area contributed by atoms with E-state index in [0.29, 0.717) is 30.2 Å². The molecule has 1 atom stereocenters. The van der Waals surface area contributed by atoms with Gasteiger partial charge in [0.15, 0.2) is 6.10 Å². The Balaban J connectivity index is 1.57. The summed E-state index contributed by atoms with van der Waals surface area (Å²) in [4.78, 5) is 13.0. The van der Waals surface area contributed by atoms with Gasteiger partial charge >= 0.3 is 0 Å². The van der Waals surface area contributed by atoms with Crippen molar-refractivity contribution in [2.45, 2.75) is 24.3 Å². The first-order chi connectivity index (χ1) is 15.9. The number of carbonyl (C=O) groups excluding carboxylic acids is 1. The fraction of sp³-hybridized carbons (Fsp3) is 0.240. The molecule has 1 aliphatic rings. The minimum absolute atomic E-state index is 0.111. The number of anilines is 1. The highest BCUT2D eigenvalue weighted by molar-refractivity contribution is 7.92. The number of ether oxygens (including phenoxy) is 2. The van der Waals surface area contributed by atoms with Gasteiger partial charge in [0.1, 0.15) is 11.5 Å². The van der Waals surface area contributed by atoms with E-state index in [2.05, 4.69) is 5.32 Å². The Morgan fingerprint density at radius 2 is 1.82 bits per heavy atom. The van der Waals surface area contributed by atoms with Gasteiger partial charge in [-0.3, -0.25) is 9.10 Å². The normalized spacial score (nSPS) is 15.3. The van der Waals surface area contributed by atoms with E-state index in [9.17, 15) is 13.2 Å². The number of nitrogens with one attached hydrogen (secondary N) is 1. The van der Waals surface area contributed by atoms with Crippen LogP contribution >= 0.6 is 0 Å². The Hall–Kier alpha value is -3.52. The maximum absolute atomic E-state index is 13.5. The molecule has 0 spiro atoms. The molecule has 1 heterocycles. The van der Waals surface area contributed by atoms with Crippen LogP contribution in [0.3, 0.4) is 0 Å². The number of carbonyl (C=O) groups is 1. The largest absolute Gasteiger partial charge is 0.497 e. The van der Waals surface area contributed by atoms with Gasteiger partial charge in [-0.05, 0) is 60.9 Å². The quantitative estimate of drug-likeness (QED) is 0.578. The molecule has 0 aromatic heterocycles. The third-order valence-electron chi connectivity index (χ3n) is 5.48. The van der Waals surface area contributed by atoms with E-state index in [4.69, 9.17) is 9.47 Å². The second-order valence-electron chi connectivity index (χ2n) is 7.82. The molecule has 7 nitrogen and oxygen atoms in total. The molecule has 0 saturated heterocycles. The number of nitrogens with zero attached hydrogens (tertiary/aromatic N) is 1. The number of sulfonamides is 1. The predicted octanol–water partition coefficient (Wildman–Crippen LogP) is 3.32. The van der Waals surface area contributed by atoms with Crippen molar-refractivity contribution in [2.24, 2.45) is 0 Å². The lowest BCUT2D eigenvalue weighted by atomic mass is 10.1. The summed E-state index contributed by atoms with van der Waals surface area (Å²) >= 11 is 0. The fourth-order valence-corrected chi connectivity index (χ4v) is 5.16. The van der Waals surface area contributed by atoms with Gasteiger partial charge in [-0.2, -0.15) is 0 Å². The van der Waals surface area contributed by atoms with Crippen molar-refractivity contribution in [1.82, 2.24) is 5.32 Å². The van der Waals surface area contributed by atoms with Gasteiger partial charge in [0.25, 0.3) is 15.9 Å². The Morgan fingerprint density at radius 3 is 2.52 bits per heavy atom. The van der Waals surface area contributed by atoms with Crippen molar-refractivity contribution in [3.63, 3.8) is 0 Å². The monoisotopic (exact) mass is 466 g/mol. The standard InChI is InChI=1S/C25H26N2O5S/c1-18-8-13-22-23(16-18)32-24(25(28)26-15-14-19-6-4-3-5-7-19)17-27(22)33(29,30)21-11-9-20(31-2)10-12-21/h3-13,16,24H,14-15,17H2,1-2H3,(H,26,28)/t24-/m1/s1. The third-order valence-corrected chi connectivity index (χ3v) is 7.27. The molecule has 0 bridgehead atoms. The molecule has 4 rings (SSSR count). The number of amides is 1. The number of hydrogen-bond donors (Lipinski definition) is 1. The number of fused-ring (bicyclic) bond motifs is 1. The Labute approximate surface area is 194 Å². The summed E-state index contributed by atoms with van der Waals surface area (Å²) in [5.74, 6) is 0.567. The van der Waals surface area contributed by atoms with Crippen molar-refractivity contribution in [3.8, 4) is 11.5 Å². The van der Waals surface area contributed by atoms with Gasteiger partial charge in [0.05, 0.1) is 24.2 Å². The summed E-state index contributed by atoms with van der Waals surface area (Å²) in [6.07, 6.45) is -0.300. The molecule has 1 N–H and O–H groups in total. The first kappa shape index (κ1) is 22.7. The van der Waals surface area contributed by atoms with Gasteiger partial charge in [-0.15, -0.1) is 0 Å². The zero-order valence-electron chi connectivity index (χ0n) is 18.5. The van der Waals surface area contributed by atoms with Crippen LogP contribution in [0.25, 0.3) is 0 Å². The molecule has 33 heavy (non-hydrogen) atoms. The number of methoxy groups -OCH3 is 1.